The molecular formula is C13H17FN2O4S. The molecule has 1 heterocycles. The van der Waals surface area contributed by atoms with Crippen LogP contribution in [-0.2, 0) is 14.8 Å². The van der Waals surface area contributed by atoms with Crippen LogP contribution < -0.4 is 10.5 Å². The second-order valence-corrected chi connectivity index (χ2v) is 6.63. The van der Waals surface area contributed by atoms with Crippen LogP contribution in [-0.4, -0.2) is 33.6 Å². The first-order valence-electron chi connectivity index (χ1n) is 6.50. The number of carbonyl (C=O) groups excluding carboxylic acids is 1. The van der Waals surface area contributed by atoms with Crippen LogP contribution in [0.3, 0.4) is 0 Å². The standard InChI is InChI=1S/C13H17FN2O4S/c1-8(9-4-5-20-7-9)16-13(17)11-6-10(21(15,18)19)2-3-12(11)14/h2-3,6,8-9H,4-5,7H2,1H3,(H,16,17)(H2,15,18,19). The molecule has 0 bridgehead atoms. The van der Waals surface area contributed by atoms with Gasteiger partial charge in [-0.3, -0.25) is 4.79 Å². The van der Waals surface area contributed by atoms with Crippen LogP contribution >= 0.6 is 0 Å². The van der Waals surface area contributed by atoms with Gasteiger partial charge >= 0.3 is 0 Å². The molecule has 2 rings (SSSR count). The number of rotatable bonds is 4. The molecule has 1 aromatic rings. The van der Waals surface area contributed by atoms with Gasteiger partial charge in [0.05, 0.1) is 17.1 Å². The van der Waals surface area contributed by atoms with Gasteiger partial charge in [0.25, 0.3) is 5.91 Å². The first-order valence-corrected chi connectivity index (χ1v) is 8.04. The lowest BCUT2D eigenvalue weighted by Gasteiger charge is -2.19. The monoisotopic (exact) mass is 316 g/mol. The number of sulfonamides is 1. The van der Waals surface area contributed by atoms with Crippen LogP contribution in [0.1, 0.15) is 23.7 Å². The van der Waals surface area contributed by atoms with E-state index in [1.54, 1.807) is 6.92 Å². The van der Waals surface area contributed by atoms with Gasteiger partial charge in [0.15, 0.2) is 0 Å². The Kier molecular flexibility index (Phi) is 4.60. The average molecular weight is 316 g/mol. The van der Waals surface area contributed by atoms with Gasteiger partial charge in [0, 0.05) is 18.6 Å². The summed E-state index contributed by atoms with van der Waals surface area (Å²) >= 11 is 0. The lowest BCUT2D eigenvalue weighted by molar-refractivity contribution is 0.0918. The predicted molar refractivity (Wildman–Crippen MR) is 73.6 cm³/mol. The molecule has 116 valence electrons. The Morgan fingerprint density at radius 3 is 2.81 bits per heavy atom. The number of hydrogen-bond donors (Lipinski definition) is 2. The van der Waals surface area contributed by atoms with Gasteiger partial charge in [-0.15, -0.1) is 0 Å². The number of nitrogens with two attached hydrogens (primary N) is 1. The normalized spacial score (nSPS) is 20.2. The molecule has 1 aliphatic heterocycles. The number of nitrogens with one attached hydrogen (secondary N) is 1. The molecule has 0 aliphatic carbocycles. The van der Waals surface area contributed by atoms with Crippen LogP contribution in [0.25, 0.3) is 0 Å². The van der Waals surface area contributed by atoms with E-state index in [-0.39, 0.29) is 22.4 Å². The van der Waals surface area contributed by atoms with E-state index in [2.05, 4.69) is 5.32 Å². The minimum absolute atomic E-state index is 0.165. The van der Waals surface area contributed by atoms with Crippen molar-refractivity contribution in [2.45, 2.75) is 24.3 Å². The van der Waals surface area contributed by atoms with E-state index < -0.39 is 21.7 Å². The molecule has 3 N–H and O–H groups in total. The molecule has 21 heavy (non-hydrogen) atoms. The highest BCUT2D eigenvalue weighted by Gasteiger charge is 2.25. The van der Waals surface area contributed by atoms with Gasteiger partial charge in [0.1, 0.15) is 5.82 Å². The van der Waals surface area contributed by atoms with Crippen LogP contribution in [0.4, 0.5) is 4.39 Å². The van der Waals surface area contributed by atoms with E-state index in [1.165, 1.54) is 0 Å². The van der Waals surface area contributed by atoms with E-state index in [9.17, 15) is 17.6 Å². The smallest absolute Gasteiger partial charge is 0.254 e. The number of benzene rings is 1. The first-order chi connectivity index (χ1) is 9.79. The molecule has 6 nitrogen and oxygen atoms in total. The molecule has 1 aliphatic rings. The summed E-state index contributed by atoms with van der Waals surface area (Å²) in [7, 11) is -3.99. The summed E-state index contributed by atoms with van der Waals surface area (Å²) in [5.74, 6) is -1.30. The molecule has 0 radical (unpaired) electrons. The molecular weight excluding hydrogens is 299 g/mol. The third-order valence-electron chi connectivity index (χ3n) is 3.54. The number of halogens is 1. The minimum atomic E-state index is -3.99. The largest absolute Gasteiger partial charge is 0.381 e. The zero-order chi connectivity index (χ0) is 15.6. The molecule has 2 unspecified atom stereocenters. The number of carbonyl (C=O) groups is 1. The maximum absolute atomic E-state index is 13.7. The maximum Gasteiger partial charge on any atom is 0.254 e. The molecule has 1 aromatic carbocycles. The van der Waals surface area contributed by atoms with Crippen LogP contribution in [0.2, 0.25) is 0 Å². The fourth-order valence-corrected chi connectivity index (χ4v) is 2.74. The number of amides is 1. The Morgan fingerprint density at radius 2 is 2.24 bits per heavy atom. The topological polar surface area (TPSA) is 98.5 Å². The number of primary sulfonamides is 1. The lowest BCUT2D eigenvalue weighted by Crippen LogP contribution is -2.38. The summed E-state index contributed by atoms with van der Waals surface area (Å²) in [5.41, 5.74) is -0.340. The zero-order valence-corrected chi connectivity index (χ0v) is 12.3. The molecule has 0 saturated carbocycles. The Balaban J connectivity index is 2.18. The second kappa shape index (κ2) is 6.08. The van der Waals surface area contributed by atoms with Crippen molar-refractivity contribution in [3.63, 3.8) is 0 Å². The van der Waals surface area contributed by atoms with Crippen LogP contribution in [0.15, 0.2) is 23.1 Å². The van der Waals surface area contributed by atoms with Crippen molar-refractivity contribution in [2.24, 2.45) is 11.1 Å². The van der Waals surface area contributed by atoms with Crippen molar-refractivity contribution in [1.82, 2.24) is 5.32 Å². The highest BCUT2D eigenvalue weighted by atomic mass is 32.2. The molecule has 1 amide bonds. The van der Waals surface area contributed by atoms with Crippen molar-refractivity contribution in [2.75, 3.05) is 13.2 Å². The Morgan fingerprint density at radius 1 is 1.52 bits per heavy atom. The van der Waals surface area contributed by atoms with E-state index in [0.29, 0.717) is 13.2 Å². The van der Waals surface area contributed by atoms with Gasteiger partial charge in [-0.2, -0.15) is 0 Å². The highest BCUT2D eigenvalue weighted by molar-refractivity contribution is 7.89. The van der Waals surface area contributed by atoms with Crippen molar-refractivity contribution in [3.05, 3.63) is 29.6 Å². The van der Waals surface area contributed by atoms with Crippen molar-refractivity contribution in [1.29, 1.82) is 0 Å². The third kappa shape index (κ3) is 3.78. The van der Waals surface area contributed by atoms with Gasteiger partial charge in [-0.25, -0.2) is 17.9 Å². The first kappa shape index (κ1) is 15.9. The van der Waals surface area contributed by atoms with Gasteiger partial charge < -0.3 is 10.1 Å². The SMILES string of the molecule is CC(NC(=O)c1cc(S(N)(=O)=O)ccc1F)C1CCOC1. The minimum Gasteiger partial charge on any atom is -0.381 e. The fraction of sp³-hybridized carbons (Fsp3) is 0.462. The highest BCUT2D eigenvalue weighted by Crippen LogP contribution is 2.18. The molecule has 1 fully saturated rings. The average Bonchev–Trinajstić information content (AvgIpc) is 2.91. The molecule has 0 spiro atoms. The molecule has 8 heteroatoms. The summed E-state index contributed by atoms with van der Waals surface area (Å²) < 4.78 is 41.5. The summed E-state index contributed by atoms with van der Waals surface area (Å²) in [6, 6.07) is 2.68. The van der Waals surface area contributed by atoms with E-state index >= 15 is 0 Å². The molecule has 1 saturated heterocycles. The summed E-state index contributed by atoms with van der Waals surface area (Å²) in [4.78, 5) is 11.8. The Bertz CT molecular complexity index is 642. The summed E-state index contributed by atoms with van der Waals surface area (Å²) in [5, 5.41) is 7.64. The van der Waals surface area contributed by atoms with Gasteiger partial charge in [-0.05, 0) is 31.5 Å². The summed E-state index contributed by atoms with van der Waals surface area (Å²) in [6.07, 6.45) is 0.821. The predicted octanol–water partition coefficient (Wildman–Crippen LogP) is 0.628. The van der Waals surface area contributed by atoms with Crippen LogP contribution in [0, 0.1) is 11.7 Å². The number of hydrogen-bond acceptors (Lipinski definition) is 4. The Hall–Kier alpha value is -1.51. The molecule has 0 aromatic heterocycles. The van der Waals surface area contributed by atoms with Crippen molar-refractivity contribution < 1.29 is 22.3 Å². The fourth-order valence-electron chi connectivity index (χ4n) is 2.20. The van der Waals surface area contributed by atoms with E-state index in [1.807, 2.05) is 0 Å². The zero-order valence-electron chi connectivity index (χ0n) is 11.5. The third-order valence-corrected chi connectivity index (χ3v) is 4.45. The van der Waals surface area contributed by atoms with Crippen molar-refractivity contribution in [3.8, 4) is 0 Å². The van der Waals surface area contributed by atoms with E-state index in [4.69, 9.17) is 9.88 Å². The van der Waals surface area contributed by atoms with Gasteiger partial charge in [-0.1, -0.05) is 0 Å². The van der Waals surface area contributed by atoms with Gasteiger partial charge in [0.2, 0.25) is 10.0 Å². The molecule has 2 atom stereocenters. The quantitative estimate of drug-likeness (QED) is 0.851. The maximum atomic E-state index is 13.7. The summed E-state index contributed by atoms with van der Waals surface area (Å²) in [6.45, 7) is 2.99. The Labute approximate surface area is 122 Å². The second-order valence-electron chi connectivity index (χ2n) is 5.07. The van der Waals surface area contributed by atoms with E-state index in [0.717, 1.165) is 24.6 Å². The number of ether oxygens (including phenoxy) is 1. The lowest BCUT2D eigenvalue weighted by atomic mass is 10.0. The van der Waals surface area contributed by atoms with Crippen LogP contribution in [0.5, 0.6) is 0 Å². The van der Waals surface area contributed by atoms with Crippen molar-refractivity contribution >= 4 is 15.9 Å².